The van der Waals surface area contributed by atoms with E-state index in [2.05, 4.69) is 0 Å². The summed E-state index contributed by atoms with van der Waals surface area (Å²) in [6.07, 6.45) is 1.39. The Labute approximate surface area is 111 Å². The summed E-state index contributed by atoms with van der Waals surface area (Å²) in [5.41, 5.74) is 0.921. The van der Waals surface area contributed by atoms with E-state index in [0.717, 1.165) is 18.4 Å². The molecule has 0 aromatic heterocycles. The van der Waals surface area contributed by atoms with E-state index in [0.29, 0.717) is 0 Å². The van der Waals surface area contributed by atoms with Crippen LogP contribution < -0.4 is 0 Å². The van der Waals surface area contributed by atoms with Crippen LogP contribution >= 0.6 is 0 Å². The molecule has 0 saturated heterocycles. The Morgan fingerprint density at radius 2 is 1.95 bits per heavy atom. The minimum Gasteiger partial charge on any atom is -0.481 e. The molecule has 102 valence electrons. The number of ether oxygens (including phenoxy) is 1. The van der Waals surface area contributed by atoms with Gasteiger partial charge in [0.05, 0.1) is 6.42 Å². The molecular weight excluding hydrogens is 246 g/mol. The summed E-state index contributed by atoms with van der Waals surface area (Å²) in [7, 11) is 0. The van der Waals surface area contributed by atoms with E-state index in [1.807, 2.05) is 30.3 Å². The molecule has 1 aromatic rings. The van der Waals surface area contributed by atoms with E-state index in [-0.39, 0.29) is 25.6 Å². The topological polar surface area (TPSA) is 66.8 Å². The van der Waals surface area contributed by atoms with Gasteiger partial charge in [-0.1, -0.05) is 30.3 Å². The van der Waals surface area contributed by atoms with Gasteiger partial charge in [0, 0.05) is 12.6 Å². The predicted octanol–water partition coefficient (Wildman–Crippen LogP) is 2.26. The zero-order valence-corrected chi connectivity index (χ0v) is 10.6. The van der Waals surface area contributed by atoms with Crippen molar-refractivity contribution in [3.05, 3.63) is 35.9 Å². The molecule has 5 heteroatoms. The number of carbonyl (C=O) groups is 2. The number of hydrogen-bond acceptors (Lipinski definition) is 3. The lowest BCUT2D eigenvalue weighted by Crippen LogP contribution is -2.35. The Bertz CT molecular complexity index is 442. The molecular formula is C14H17NO4. The highest BCUT2D eigenvalue weighted by Gasteiger charge is 2.33. The number of carboxylic acid groups (broad SMARTS) is 1. The van der Waals surface area contributed by atoms with Gasteiger partial charge in [-0.2, -0.15) is 0 Å². The molecule has 19 heavy (non-hydrogen) atoms. The highest BCUT2D eigenvalue weighted by atomic mass is 16.6. The zero-order valence-electron chi connectivity index (χ0n) is 10.6. The third-order valence-electron chi connectivity index (χ3n) is 2.99. The van der Waals surface area contributed by atoms with Gasteiger partial charge in [-0.25, -0.2) is 4.79 Å². The molecule has 1 saturated carbocycles. The summed E-state index contributed by atoms with van der Waals surface area (Å²) >= 11 is 0. The van der Waals surface area contributed by atoms with Crippen molar-refractivity contribution in [1.29, 1.82) is 0 Å². The third-order valence-corrected chi connectivity index (χ3v) is 2.99. The summed E-state index contributed by atoms with van der Waals surface area (Å²) in [5, 5.41) is 8.68. The number of hydrogen-bond donors (Lipinski definition) is 1. The second kappa shape index (κ2) is 6.22. The second-order valence-corrected chi connectivity index (χ2v) is 4.61. The highest BCUT2D eigenvalue weighted by molar-refractivity contribution is 5.71. The van der Waals surface area contributed by atoms with Crippen LogP contribution in [-0.4, -0.2) is 34.7 Å². The summed E-state index contributed by atoms with van der Waals surface area (Å²) in [4.78, 5) is 24.0. The molecule has 0 heterocycles. The molecule has 1 aliphatic rings. The van der Waals surface area contributed by atoms with Crippen LogP contribution in [0.3, 0.4) is 0 Å². The fraction of sp³-hybridized carbons (Fsp3) is 0.429. The van der Waals surface area contributed by atoms with Gasteiger partial charge < -0.3 is 14.7 Å². The minimum absolute atomic E-state index is 0.0447. The predicted molar refractivity (Wildman–Crippen MR) is 68.6 cm³/mol. The molecule has 2 rings (SSSR count). The molecule has 0 spiro atoms. The first-order valence-corrected chi connectivity index (χ1v) is 6.36. The van der Waals surface area contributed by atoms with Crippen LogP contribution in [0.25, 0.3) is 0 Å². The SMILES string of the molecule is O=C(O)CCN(C(=O)OCc1ccccc1)C1CC1. The van der Waals surface area contributed by atoms with Crippen molar-refractivity contribution in [2.24, 2.45) is 0 Å². The standard InChI is InChI=1S/C14H17NO4/c16-13(17)8-9-15(12-6-7-12)14(18)19-10-11-4-2-1-3-5-11/h1-5,12H,6-10H2,(H,16,17). The van der Waals surface area contributed by atoms with Gasteiger partial charge in [-0.3, -0.25) is 4.79 Å². The molecule has 1 aliphatic carbocycles. The first-order chi connectivity index (χ1) is 9.16. The van der Waals surface area contributed by atoms with Gasteiger partial charge in [0.2, 0.25) is 0 Å². The Hall–Kier alpha value is -2.04. The molecule has 0 radical (unpaired) electrons. The number of benzene rings is 1. The lowest BCUT2D eigenvalue weighted by Gasteiger charge is -2.20. The molecule has 1 aromatic carbocycles. The van der Waals surface area contributed by atoms with E-state index in [9.17, 15) is 9.59 Å². The number of amides is 1. The van der Waals surface area contributed by atoms with Gasteiger partial charge >= 0.3 is 12.1 Å². The zero-order chi connectivity index (χ0) is 13.7. The van der Waals surface area contributed by atoms with Crippen molar-refractivity contribution >= 4 is 12.1 Å². The maximum Gasteiger partial charge on any atom is 0.410 e. The largest absolute Gasteiger partial charge is 0.481 e. The van der Waals surface area contributed by atoms with Gasteiger partial charge in [0.1, 0.15) is 6.61 Å². The second-order valence-electron chi connectivity index (χ2n) is 4.61. The van der Waals surface area contributed by atoms with Crippen LogP contribution in [0.1, 0.15) is 24.8 Å². The smallest absolute Gasteiger partial charge is 0.410 e. The Kier molecular flexibility index (Phi) is 4.39. The fourth-order valence-electron chi connectivity index (χ4n) is 1.83. The molecule has 0 bridgehead atoms. The number of rotatable bonds is 6. The van der Waals surface area contributed by atoms with Crippen LogP contribution in [0.2, 0.25) is 0 Å². The number of carbonyl (C=O) groups excluding carboxylic acids is 1. The Balaban J connectivity index is 1.83. The van der Waals surface area contributed by atoms with E-state index in [1.54, 1.807) is 0 Å². The summed E-state index contributed by atoms with van der Waals surface area (Å²) in [5.74, 6) is -0.901. The van der Waals surface area contributed by atoms with Crippen LogP contribution in [0.15, 0.2) is 30.3 Å². The lowest BCUT2D eigenvalue weighted by atomic mass is 10.2. The van der Waals surface area contributed by atoms with Crippen LogP contribution in [0.5, 0.6) is 0 Å². The number of carboxylic acids is 1. The van der Waals surface area contributed by atoms with Crippen molar-refractivity contribution in [2.75, 3.05) is 6.54 Å². The first-order valence-electron chi connectivity index (χ1n) is 6.36. The third kappa shape index (κ3) is 4.28. The summed E-state index contributed by atoms with van der Waals surface area (Å²) < 4.78 is 5.22. The van der Waals surface area contributed by atoms with Gasteiger partial charge in [-0.05, 0) is 18.4 Å². The Morgan fingerprint density at radius 1 is 1.26 bits per heavy atom. The maximum atomic E-state index is 11.9. The van der Waals surface area contributed by atoms with Crippen LogP contribution in [0.4, 0.5) is 4.79 Å². The van der Waals surface area contributed by atoms with Crippen molar-refractivity contribution in [2.45, 2.75) is 31.9 Å². The summed E-state index contributed by atoms with van der Waals surface area (Å²) in [6.45, 7) is 0.434. The minimum atomic E-state index is -0.901. The van der Waals surface area contributed by atoms with Crippen molar-refractivity contribution in [1.82, 2.24) is 4.90 Å². The fourth-order valence-corrected chi connectivity index (χ4v) is 1.83. The van der Waals surface area contributed by atoms with E-state index in [4.69, 9.17) is 9.84 Å². The van der Waals surface area contributed by atoms with E-state index in [1.165, 1.54) is 4.90 Å². The molecule has 1 N–H and O–H groups in total. The van der Waals surface area contributed by atoms with E-state index >= 15 is 0 Å². The highest BCUT2D eigenvalue weighted by Crippen LogP contribution is 2.27. The number of nitrogens with zero attached hydrogens (tertiary/aromatic N) is 1. The van der Waals surface area contributed by atoms with Crippen molar-refractivity contribution in [3.63, 3.8) is 0 Å². The average molecular weight is 263 g/mol. The quantitative estimate of drug-likeness (QED) is 0.854. The molecule has 0 unspecified atom stereocenters. The molecule has 5 nitrogen and oxygen atoms in total. The van der Waals surface area contributed by atoms with Gasteiger partial charge in [-0.15, -0.1) is 0 Å². The first kappa shape index (κ1) is 13.4. The van der Waals surface area contributed by atoms with Gasteiger partial charge in [0.15, 0.2) is 0 Å². The normalized spacial score (nSPS) is 13.9. The van der Waals surface area contributed by atoms with Gasteiger partial charge in [0.25, 0.3) is 0 Å². The lowest BCUT2D eigenvalue weighted by molar-refractivity contribution is -0.137. The molecule has 1 fully saturated rings. The van der Waals surface area contributed by atoms with E-state index < -0.39 is 12.1 Å². The van der Waals surface area contributed by atoms with Crippen molar-refractivity contribution < 1.29 is 19.4 Å². The average Bonchev–Trinajstić information content (AvgIpc) is 3.22. The monoisotopic (exact) mass is 263 g/mol. The van der Waals surface area contributed by atoms with Crippen LogP contribution in [0, 0.1) is 0 Å². The maximum absolute atomic E-state index is 11.9. The molecule has 0 atom stereocenters. The number of aliphatic carboxylic acids is 1. The molecule has 0 aliphatic heterocycles. The molecule has 1 amide bonds. The Morgan fingerprint density at radius 3 is 2.53 bits per heavy atom. The van der Waals surface area contributed by atoms with Crippen molar-refractivity contribution in [3.8, 4) is 0 Å². The summed E-state index contributed by atoms with van der Waals surface area (Å²) in [6, 6.07) is 9.58. The van der Waals surface area contributed by atoms with Crippen LogP contribution in [-0.2, 0) is 16.1 Å².